The number of phenols is 1. The Bertz CT molecular complexity index is 1080. The van der Waals surface area contributed by atoms with Crippen LogP contribution in [0.2, 0.25) is 0 Å². The molecule has 2 N–H and O–H groups in total. The highest BCUT2D eigenvalue weighted by molar-refractivity contribution is 6.02. The molecule has 32 heavy (non-hydrogen) atoms. The normalized spacial score (nSPS) is 10.2. The maximum absolute atomic E-state index is 12.7. The van der Waals surface area contributed by atoms with Crippen LogP contribution in [0.4, 0.5) is 10.5 Å². The molecule has 0 saturated heterocycles. The van der Waals surface area contributed by atoms with Gasteiger partial charge in [-0.25, -0.2) is 9.59 Å². The number of ether oxygens (including phenoxy) is 2. The van der Waals surface area contributed by atoms with Crippen LogP contribution < -0.4 is 4.90 Å². The van der Waals surface area contributed by atoms with Crippen LogP contribution in [0.5, 0.6) is 5.75 Å². The lowest BCUT2D eigenvalue weighted by Gasteiger charge is -2.22. The quantitative estimate of drug-likeness (QED) is 0.515. The predicted molar refractivity (Wildman–Crippen MR) is 115 cm³/mol. The van der Waals surface area contributed by atoms with Crippen molar-refractivity contribution < 1.29 is 34.1 Å². The van der Waals surface area contributed by atoms with Crippen molar-refractivity contribution in [1.29, 1.82) is 0 Å². The Balaban J connectivity index is 1.83. The molecule has 0 saturated carbocycles. The van der Waals surface area contributed by atoms with Gasteiger partial charge in [-0.3, -0.25) is 9.69 Å². The number of esters is 1. The van der Waals surface area contributed by atoms with E-state index in [2.05, 4.69) is 0 Å². The van der Waals surface area contributed by atoms with Gasteiger partial charge in [-0.2, -0.15) is 0 Å². The first kappa shape index (κ1) is 22.4. The number of anilines is 1. The minimum atomic E-state index is -1.31. The Morgan fingerprint density at radius 3 is 1.91 bits per heavy atom. The zero-order valence-electron chi connectivity index (χ0n) is 17.0. The monoisotopic (exact) mass is 435 g/mol. The zero-order valence-corrected chi connectivity index (χ0v) is 17.0. The number of hydrogen-bond acceptors (Lipinski definition) is 6. The smallest absolute Gasteiger partial charge is 0.415 e. The van der Waals surface area contributed by atoms with Crippen LogP contribution in [0.1, 0.15) is 21.5 Å². The predicted octanol–water partition coefficient (Wildman–Crippen LogP) is 3.98. The number of aliphatic carboxylic acids is 1. The summed E-state index contributed by atoms with van der Waals surface area (Å²) in [7, 11) is 0. The number of aromatic hydroxyl groups is 1. The number of carbonyl (C=O) groups excluding carboxylic acids is 2. The highest BCUT2D eigenvalue weighted by atomic mass is 16.6. The summed E-state index contributed by atoms with van der Waals surface area (Å²) >= 11 is 0. The van der Waals surface area contributed by atoms with Gasteiger partial charge < -0.3 is 19.7 Å². The Morgan fingerprint density at radius 2 is 1.34 bits per heavy atom. The Morgan fingerprint density at radius 1 is 0.781 bits per heavy atom. The summed E-state index contributed by atoms with van der Waals surface area (Å²) in [5.41, 5.74) is 1.23. The number of nitrogens with zero attached hydrogens (tertiary/aromatic N) is 1. The average molecular weight is 435 g/mol. The van der Waals surface area contributed by atoms with Gasteiger partial charge in [0, 0.05) is 0 Å². The van der Waals surface area contributed by atoms with Crippen molar-refractivity contribution in [1.82, 2.24) is 0 Å². The second-order valence-electron chi connectivity index (χ2n) is 6.78. The maximum atomic E-state index is 12.7. The van der Waals surface area contributed by atoms with E-state index in [4.69, 9.17) is 9.47 Å². The fraction of sp³-hybridized carbons (Fsp3) is 0.125. The zero-order chi connectivity index (χ0) is 22.9. The molecular formula is C24H21NO7. The van der Waals surface area contributed by atoms with Crippen molar-refractivity contribution in [2.45, 2.75) is 13.2 Å². The number of carboxylic acids is 1. The van der Waals surface area contributed by atoms with E-state index in [0.29, 0.717) is 5.56 Å². The van der Waals surface area contributed by atoms with Gasteiger partial charge in [0.1, 0.15) is 25.5 Å². The Kier molecular flexibility index (Phi) is 7.42. The summed E-state index contributed by atoms with van der Waals surface area (Å²) in [6.45, 7) is -0.870. The molecule has 0 aromatic heterocycles. The molecule has 0 bridgehead atoms. The number of rotatable bonds is 8. The summed E-state index contributed by atoms with van der Waals surface area (Å²) in [5.74, 6) is -2.38. The third-order valence-electron chi connectivity index (χ3n) is 4.42. The van der Waals surface area contributed by atoms with Gasteiger partial charge in [0.15, 0.2) is 0 Å². The van der Waals surface area contributed by atoms with Crippen molar-refractivity contribution >= 4 is 23.7 Å². The van der Waals surface area contributed by atoms with Crippen molar-refractivity contribution in [3.63, 3.8) is 0 Å². The molecule has 0 unspecified atom stereocenters. The molecule has 0 radical (unpaired) electrons. The maximum Gasteiger partial charge on any atom is 0.415 e. The third-order valence-corrected chi connectivity index (χ3v) is 4.42. The molecule has 0 aliphatic carbocycles. The van der Waals surface area contributed by atoms with Crippen LogP contribution in [0, 0.1) is 0 Å². The molecule has 0 atom stereocenters. The largest absolute Gasteiger partial charge is 0.508 e. The molecule has 0 heterocycles. The lowest BCUT2D eigenvalue weighted by atomic mass is 10.1. The van der Waals surface area contributed by atoms with Gasteiger partial charge in [0.2, 0.25) is 0 Å². The van der Waals surface area contributed by atoms with Gasteiger partial charge in [0.05, 0.1) is 11.3 Å². The van der Waals surface area contributed by atoms with Gasteiger partial charge in [-0.05, 0) is 29.3 Å². The lowest BCUT2D eigenvalue weighted by molar-refractivity contribution is -0.135. The van der Waals surface area contributed by atoms with Gasteiger partial charge in [-0.1, -0.05) is 60.7 Å². The Hall–Kier alpha value is -4.33. The SMILES string of the molecule is O=C(O)CN(C(=O)OCc1ccccc1)c1ccc(O)cc1C(=O)OCc1ccccc1. The second-order valence-corrected chi connectivity index (χ2v) is 6.78. The topological polar surface area (TPSA) is 113 Å². The molecule has 3 aromatic carbocycles. The number of carbonyl (C=O) groups is 3. The lowest BCUT2D eigenvalue weighted by Crippen LogP contribution is -2.37. The van der Waals surface area contributed by atoms with Crippen LogP contribution in [0.25, 0.3) is 0 Å². The van der Waals surface area contributed by atoms with E-state index in [1.165, 1.54) is 12.1 Å². The average Bonchev–Trinajstić information content (AvgIpc) is 2.81. The molecule has 0 spiro atoms. The summed E-state index contributed by atoms with van der Waals surface area (Å²) in [6, 6.07) is 21.4. The van der Waals surface area contributed by atoms with E-state index in [1.807, 2.05) is 12.1 Å². The number of amides is 1. The van der Waals surface area contributed by atoms with Gasteiger partial charge in [-0.15, -0.1) is 0 Å². The third kappa shape index (κ3) is 6.09. The molecule has 3 aromatic rings. The molecule has 0 aliphatic rings. The van der Waals surface area contributed by atoms with Crippen molar-refractivity contribution in [3.05, 3.63) is 95.6 Å². The van der Waals surface area contributed by atoms with Crippen molar-refractivity contribution in [2.75, 3.05) is 11.4 Å². The summed E-state index contributed by atoms with van der Waals surface area (Å²) < 4.78 is 10.5. The van der Waals surface area contributed by atoms with Gasteiger partial charge in [0.25, 0.3) is 0 Å². The standard InChI is InChI=1S/C24H21NO7/c26-19-11-12-21(20(13-19)23(29)31-15-17-7-3-1-4-8-17)25(14-22(27)28)24(30)32-16-18-9-5-2-6-10-18/h1-13,26H,14-16H2,(H,27,28). The first-order chi connectivity index (χ1) is 15.4. The number of benzene rings is 3. The van der Waals surface area contributed by atoms with Crippen LogP contribution in [0.15, 0.2) is 78.9 Å². The number of hydrogen-bond donors (Lipinski definition) is 2. The van der Waals surface area contributed by atoms with E-state index < -0.39 is 24.6 Å². The summed E-state index contributed by atoms with van der Waals surface area (Å²) in [5, 5.41) is 19.2. The summed E-state index contributed by atoms with van der Waals surface area (Å²) in [4.78, 5) is 37.7. The number of phenolic OH excluding ortho intramolecular Hbond substituents is 1. The van der Waals surface area contributed by atoms with Crippen LogP contribution in [-0.2, 0) is 27.5 Å². The first-order valence-corrected chi connectivity index (χ1v) is 9.68. The Labute approximate surface area is 184 Å². The van der Waals surface area contributed by atoms with E-state index in [1.54, 1.807) is 48.5 Å². The molecule has 1 amide bonds. The van der Waals surface area contributed by atoms with E-state index >= 15 is 0 Å². The van der Waals surface area contributed by atoms with Crippen molar-refractivity contribution in [3.8, 4) is 5.75 Å². The van der Waals surface area contributed by atoms with E-state index in [0.717, 1.165) is 16.5 Å². The number of carboxylic acid groups (broad SMARTS) is 1. The van der Waals surface area contributed by atoms with Crippen LogP contribution in [-0.4, -0.2) is 34.8 Å². The van der Waals surface area contributed by atoms with Crippen molar-refractivity contribution in [2.24, 2.45) is 0 Å². The molecule has 8 heteroatoms. The minimum absolute atomic E-state index is 0.0356. The first-order valence-electron chi connectivity index (χ1n) is 9.68. The van der Waals surface area contributed by atoms with Crippen LogP contribution in [0.3, 0.4) is 0 Å². The molecular weight excluding hydrogens is 414 g/mol. The molecule has 0 aliphatic heterocycles. The minimum Gasteiger partial charge on any atom is -0.508 e. The molecule has 0 fully saturated rings. The summed E-state index contributed by atoms with van der Waals surface area (Å²) in [6.07, 6.45) is -0.959. The second kappa shape index (κ2) is 10.6. The van der Waals surface area contributed by atoms with E-state index in [9.17, 15) is 24.6 Å². The van der Waals surface area contributed by atoms with E-state index in [-0.39, 0.29) is 30.2 Å². The highest BCUT2D eigenvalue weighted by Gasteiger charge is 2.26. The molecule has 3 rings (SSSR count). The molecule has 164 valence electrons. The van der Waals surface area contributed by atoms with Gasteiger partial charge >= 0.3 is 18.0 Å². The fourth-order valence-electron chi connectivity index (χ4n) is 2.90. The van der Waals surface area contributed by atoms with Crippen LogP contribution >= 0.6 is 0 Å². The highest BCUT2D eigenvalue weighted by Crippen LogP contribution is 2.27. The molecule has 8 nitrogen and oxygen atoms in total. The fourth-order valence-corrected chi connectivity index (χ4v) is 2.90.